The van der Waals surface area contributed by atoms with E-state index in [0.717, 1.165) is 4.47 Å². The van der Waals surface area contributed by atoms with Crippen LogP contribution in [-0.4, -0.2) is 16.8 Å². The SMILES string of the molecule is O=C(Nc1ccc(Br)cc1CNC(=O)c1ccccc1F)c1ccccn1. The predicted molar refractivity (Wildman–Crippen MR) is 104 cm³/mol. The van der Waals surface area contributed by atoms with Crippen molar-refractivity contribution in [1.82, 2.24) is 10.3 Å². The topological polar surface area (TPSA) is 71.1 Å². The summed E-state index contributed by atoms with van der Waals surface area (Å²) in [7, 11) is 0. The summed E-state index contributed by atoms with van der Waals surface area (Å²) in [5.41, 5.74) is 1.44. The van der Waals surface area contributed by atoms with Crippen LogP contribution in [0.15, 0.2) is 71.3 Å². The fourth-order valence-corrected chi connectivity index (χ4v) is 2.84. The van der Waals surface area contributed by atoms with Gasteiger partial charge >= 0.3 is 0 Å². The van der Waals surface area contributed by atoms with Crippen LogP contribution in [0.3, 0.4) is 0 Å². The molecular formula is C20H15BrFN3O2. The summed E-state index contributed by atoms with van der Waals surface area (Å²) in [6.45, 7) is 0.116. The fourth-order valence-electron chi connectivity index (χ4n) is 2.43. The quantitative estimate of drug-likeness (QED) is 0.641. The molecule has 0 radical (unpaired) electrons. The maximum absolute atomic E-state index is 13.7. The number of benzene rings is 2. The molecule has 0 aliphatic rings. The zero-order valence-electron chi connectivity index (χ0n) is 14.1. The van der Waals surface area contributed by atoms with Gasteiger partial charge in [-0.2, -0.15) is 0 Å². The van der Waals surface area contributed by atoms with Crippen molar-refractivity contribution in [2.24, 2.45) is 0 Å². The van der Waals surface area contributed by atoms with Crippen molar-refractivity contribution in [3.05, 3.63) is 94.0 Å². The van der Waals surface area contributed by atoms with Gasteiger partial charge in [-0.15, -0.1) is 0 Å². The zero-order chi connectivity index (χ0) is 19.2. The molecule has 0 saturated carbocycles. The Balaban J connectivity index is 1.75. The van der Waals surface area contributed by atoms with Crippen molar-refractivity contribution in [2.45, 2.75) is 6.54 Å². The lowest BCUT2D eigenvalue weighted by Gasteiger charge is -2.13. The highest BCUT2D eigenvalue weighted by Crippen LogP contribution is 2.22. The predicted octanol–water partition coefficient (Wildman–Crippen LogP) is 4.17. The maximum atomic E-state index is 13.7. The Bertz CT molecular complexity index is 980. The van der Waals surface area contributed by atoms with Gasteiger partial charge in [-0.25, -0.2) is 4.39 Å². The number of carbonyl (C=O) groups is 2. The number of carbonyl (C=O) groups excluding carboxylic acids is 2. The van der Waals surface area contributed by atoms with Gasteiger partial charge < -0.3 is 10.6 Å². The number of hydrogen-bond acceptors (Lipinski definition) is 3. The van der Waals surface area contributed by atoms with Crippen molar-refractivity contribution < 1.29 is 14.0 Å². The third-order valence-electron chi connectivity index (χ3n) is 3.77. The molecule has 1 heterocycles. The summed E-state index contributed by atoms with van der Waals surface area (Å²) in [6, 6.07) is 16.1. The Kier molecular flexibility index (Phi) is 5.93. The molecule has 3 aromatic rings. The van der Waals surface area contributed by atoms with Crippen molar-refractivity contribution in [2.75, 3.05) is 5.32 Å². The Hall–Kier alpha value is -3.06. The number of hydrogen-bond donors (Lipinski definition) is 2. The van der Waals surface area contributed by atoms with E-state index in [0.29, 0.717) is 11.3 Å². The molecule has 0 fully saturated rings. The highest BCUT2D eigenvalue weighted by atomic mass is 79.9. The molecule has 3 rings (SSSR count). The lowest BCUT2D eigenvalue weighted by atomic mass is 10.1. The summed E-state index contributed by atoms with van der Waals surface area (Å²) in [5.74, 6) is -1.48. The molecule has 27 heavy (non-hydrogen) atoms. The van der Waals surface area contributed by atoms with Gasteiger partial charge in [0.15, 0.2) is 0 Å². The van der Waals surface area contributed by atoms with E-state index in [1.54, 1.807) is 42.5 Å². The summed E-state index contributed by atoms with van der Waals surface area (Å²) >= 11 is 3.37. The van der Waals surface area contributed by atoms with E-state index in [-0.39, 0.29) is 23.7 Å². The Morgan fingerprint density at radius 1 is 1.00 bits per heavy atom. The lowest BCUT2D eigenvalue weighted by molar-refractivity contribution is 0.0946. The third kappa shape index (κ3) is 4.77. The van der Waals surface area contributed by atoms with Crippen LogP contribution in [0.2, 0.25) is 0 Å². The van der Waals surface area contributed by atoms with Crippen LogP contribution < -0.4 is 10.6 Å². The van der Waals surface area contributed by atoms with E-state index in [1.807, 2.05) is 0 Å². The molecule has 2 amide bonds. The minimum atomic E-state index is -0.590. The molecule has 7 heteroatoms. The molecule has 2 aromatic carbocycles. The van der Waals surface area contributed by atoms with Gasteiger partial charge in [0.2, 0.25) is 0 Å². The second-order valence-electron chi connectivity index (χ2n) is 5.63. The van der Waals surface area contributed by atoms with E-state index in [4.69, 9.17) is 0 Å². The summed E-state index contributed by atoms with van der Waals surface area (Å²) in [4.78, 5) is 28.6. The summed E-state index contributed by atoms with van der Waals surface area (Å²) in [6.07, 6.45) is 1.53. The average Bonchev–Trinajstić information content (AvgIpc) is 2.69. The molecular weight excluding hydrogens is 413 g/mol. The number of anilines is 1. The number of amides is 2. The van der Waals surface area contributed by atoms with Gasteiger partial charge in [0.1, 0.15) is 11.5 Å². The normalized spacial score (nSPS) is 10.3. The maximum Gasteiger partial charge on any atom is 0.274 e. The zero-order valence-corrected chi connectivity index (χ0v) is 15.7. The molecule has 0 bridgehead atoms. The highest BCUT2D eigenvalue weighted by molar-refractivity contribution is 9.10. The van der Waals surface area contributed by atoms with Crippen LogP contribution in [0.1, 0.15) is 26.4 Å². The Labute approximate surface area is 163 Å². The van der Waals surface area contributed by atoms with Crippen molar-refractivity contribution in [1.29, 1.82) is 0 Å². The van der Waals surface area contributed by atoms with Gasteiger partial charge in [0.25, 0.3) is 11.8 Å². The van der Waals surface area contributed by atoms with Gasteiger partial charge in [-0.05, 0) is 48.0 Å². The van der Waals surface area contributed by atoms with E-state index in [9.17, 15) is 14.0 Å². The van der Waals surface area contributed by atoms with Crippen LogP contribution in [0, 0.1) is 5.82 Å². The molecule has 0 aliphatic heterocycles. The minimum Gasteiger partial charge on any atom is -0.348 e. The molecule has 1 aromatic heterocycles. The fraction of sp³-hybridized carbons (Fsp3) is 0.0500. The number of rotatable bonds is 5. The summed E-state index contributed by atoms with van der Waals surface area (Å²) < 4.78 is 14.5. The number of nitrogens with zero attached hydrogens (tertiary/aromatic N) is 1. The standard InChI is InChI=1S/C20H15BrFN3O2/c21-14-8-9-17(25-20(27)18-7-3-4-10-23-18)13(11-14)12-24-19(26)15-5-1-2-6-16(15)22/h1-11H,12H2,(H,24,26)(H,25,27). The van der Waals surface area contributed by atoms with Crippen molar-refractivity contribution >= 4 is 33.4 Å². The molecule has 0 saturated heterocycles. The monoisotopic (exact) mass is 427 g/mol. The van der Waals surface area contributed by atoms with Crippen molar-refractivity contribution in [3.8, 4) is 0 Å². The van der Waals surface area contributed by atoms with Crippen LogP contribution >= 0.6 is 15.9 Å². The first kappa shape index (κ1) is 18.7. The van der Waals surface area contributed by atoms with E-state index in [2.05, 4.69) is 31.5 Å². The second kappa shape index (κ2) is 8.55. The molecule has 2 N–H and O–H groups in total. The smallest absolute Gasteiger partial charge is 0.274 e. The molecule has 136 valence electrons. The first-order chi connectivity index (χ1) is 13.0. The van der Waals surface area contributed by atoms with Crippen LogP contribution in [0.4, 0.5) is 10.1 Å². The molecule has 0 aliphatic carbocycles. The van der Waals surface area contributed by atoms with Gasteiger partial charge in [-0.3, -0.25) is 14.6 Å². The first-order valence-corrected chi connectivity index (χ1v) is 8.87. The van der Waals surface area contributed by atoms with Crippen molar-refractivity contribution in [3.63, 3.8) is 0 Å². The first-order valence-electron chi connectivity index (χ1n) is 8.08. The van der Waals surface area contributed by atoms with Gasteiger partial charge in [0, 0.05) is 22.9 Å². The molecule has 0 atom stereocenters. The van der Waals surface area contributed by atoms with Gasteiger partial charge in [0.05, 0.1) is 5.56 Å². The highest BCUT2D eigenvalue weighted by Gasteiger charge is 2.13. The summed E-state index contributed by atoms with van der Waals surface area (Å²) in [5, 5.41) is 5.45. The number of pyridine rings is 1. The van der Waals surface area contributed by atoms with Crippen LogP contribution in [0.5, 0.6) is 0 Å². The third-order valence-corrected chi connectivity index (χ3v) is 4.26. The molecule has 5 nitrogen and oxygen atoms in total. The Morgan fingerprint density at radius 3 is 2.52 bits per heavy atom. The number of aromatic nitrogens is 1. The van der Waals surface area contributed by atoms with E-state index in [1.165, 1.54) is 24.4 Å². The Morgan fingerprint density at radius 2 is 1.78 bits per heavy atom. The van der Waals surface area contributed by atoms with E-state index < -0.39 is 11.7 Å². The van der Waals surface area contributed by atoms with Crippen LogP contribution in [0.25, 0.3) is 0 Å². The molecule has 0 spiro atoms. The van der Waals surface area contributed by atoms with E-state index >= 15 is 0 Å². The lowest BCUT2D eigenvalue weighted by Crippen LogP contribution is -2.25. The largest absolute Gasteiger partial charge is 0.348 e. The van der Waals surface area contributed by atoms with Gasteiger partial charge in [-0.1, -0.05) is 34.1 Å². The second-order valence-corrected chi connectivity index (χ2v) is 6.55. The number of nitrogens with one attached hydrogen (secondary N) is 2. The minimum absolute atomic E-state index is 0.0356. The average molecular weight is 428 g/mol. The number of halogens is 2. The van der Waals surface area contributed by atoms with Crippen LogP contribution in [-0.2, 0) is 6.54 Å². The molecule has 0 unspecified atom stereocenters.